The highest BCUT2D eigenvalue weighted by molar-refractivity contribution is 7.52. The van der Waals surface area contributed by atoms with Gasteiger partial charge >= 0.3 is 23.1 Å². The number of nitrogens with one attached hydrogen (secondary N) is 1. The predicted octanol–water partition coefficient (Wildman–Crippen LogP) is 16.0. The summed E-state index contributed by atoms with van der Waals surface area (Å²) >= 11 is -1.50. The maximum atomic E-state index is 15.6. The van der Waals surface area contributed by atoms with Gasteiger partial charge in [0.25, 0.3) is 0 Å². The Morgan fingerprint density at radius 2 is 0.710 bits per heavy atom. The van der Waals surface area contributed by atoms with E-state index < -0.39 is 103 Å². The summed E-state index contributed by atoms with van der Waals surface area (Å²) in [6.45, 7) is 52.5. The van der Waals surface area contributed by atoms with Gasteiger partial charge in [0, 0.05) is 102 Å². The molecule has 12 atom stereocenters. The van der Waals surface area contributed by atoms with Gasteiger partial charge < -0.3 is 100.0 Å². The third-order valence-corrected chi connectivity index (χ3v) is 40.0. The summed E-state index contributed by atoms with van der Waals surface area (Å²) in [4.78, 5) is 23.2. The third kappa shape index (κ3) is 24.1. The van der Waals surface area contributed by atoms with Crippen molar-refractivity contribution in [2.24, 2.45) is 0 Å². The summed E-state index contributed by atoms with van der Waals surface area (Å²) in [5.41, 5.74) is 7.85. The minimum Gasteiger partial charge on any atom is -0.470 e. The highest BCUT2D eigenvalue weighted by Crippen LogP contribution is 2.47. The zero-order valence-corrected chi connectivity index (χ0v) is 87.7. The van der Waals surface area contributed by atoms with Crippen LogP contribution >= 0.6 is 0 Å². The molecular formula is C96H131F6N9O21S2Si4. The number of nitrogens with zero attached hydrogens (tertiary/aromatic N) is 8. The number of aryl methyl sites for hydroxylation is 3. The van der Waals surface area contributed by atoms with Crippen molar-refractivity contribution in [3.05, 3.63) is 124 Å². The molecule has 18 rings (SSSR count). The molecule has 9 aliphatic heterocycles. The molecule has 0 spiro atoms. The predicted molar refractivity (Wildman–Crippen MR) is 523 cm³/mol. The van der Waals surface area contributed by atoms with Crippen molar-refractivity contribution in [1.82, 2.24) is 29.1 Å². The number of aliphatic hydroxyl groups excluding tert-OH is 1. The molecule has 30 nitrogen and oxygen atoms in total. The number of aromatic amines is 1. The summed E-state index contributed by atoms with van der Waals surface area (Å²) in [5, 5.41) is 10.1. The van der Waals surface area contributed by atoms with Gasteiger partial charge in [-0.15, -0.1) is 0 Å². The molecule has 0 bridgehead atoms. The van der Waals surface area contributed by atoms with Crippen molar-refractivity contribution in [3.8, 4) is 51.4 Å². The quantitative estimate of drug-likeness (QED) is 0.0289. The SMILES string of the molecule is Cc1c(O[C@@H]2CO[C@H]3[C@@H]2OC[C@H]3O)[nH]c2ccc(-c3c(F)cc(N4CCOCC4)cc3F)nc12.Cc1c(O[C@@H]2CO[C@H]3[C@@H]2OC[C@H]3O[Si](C)(C)C(C)(C)C)n(COCC[Si](C)(C)C)c2ccc(-c3c(F)cc(N4CCOCC4)cc3F)nc12.Cc1c(O[C@@H]2CO[C@H]3[C@@H]2OC[C@H]3O[Si](C)(C)C(C)(C)C)n(COCC[Si](C)(C)C)c2ccc(-c3c(F)cc(N4CCOCC4)cc3F)nc12.O=S=O.O=S=O. The van der Waals surface area contributed by atoms with Gasteiger partial charge in [-0.1, -0.05) is 80.8 Å². The smallest absolute Gasteiger partial charge is 0.335 e. The van der Waals surface area contributed by atoms with Crippen molar-refractivity contribution in [2.45, 2.75) is 237 Å². The fourth-order valence-electron chi connectivity index (χ4n) is 17.8. The van der Waals surface area contributed by atoms with E-state index in [9.17, 15) is 5.11 Å². The molecule has 0 aliphatic carbocycles. The molecule has 6 aromatic heterocycles. The summed E-state index contributed by atoms with van der Waals surface area (Å²) < 4.78 is 228. The number of hydrogen-bond donors (Lipinski definition) is 2. The molecular weight excluding hydrogens is 1910 g/mol. The first-order chi connectivity index (χ1) is 65.4. The minimum absolute atomic E-state index is 0.0651. The molecule has 2 N–H and O–H groups in total. The van der Waals surface area contributed by atoms with Crippen molar-refractivity contribution in [3.63, 3.8) is 0 Å². The third-order valence-electron chi connectivity index (χ3n) is 27.6. The second-order valence-corrected chi connectivity index (χ2v) is 62.7. The number of halogens is 6. The fraction of sp³-hybridized carbons (Fsp3) is 0.594. The lowest BCUT2D eigenvalue weighted by Gasteiger charge is -2.39. The lowest BCUT2D eigenvalue weighted by Crippen LogP contribution is -2.47. The Kier molecular flexibility index (Phi) is 34.1. The highest BCUT2D eigenvalue weighted by Gasteiger charge is 2.55. The van der Waals surface area contributed by atoms with Crippen molar-refractivity contribution in [2.75, 3.05) is 146 Å². The topological polar surface area (TPSA) is 310 Å². The van der Waals surface area contributed by atoms with Gasteiger partial charge in [0.2, 0.25) is 11.8 Å². The molecule has 42 heteroatoms. The number of anilines is 3. The first-order valence-corrected chi connectivity index (χ1v) is 61.6. The van der Waals surface area contributed by atoms with Crippen LogP contribution in [0.1, 0.15) is 58.2 Å². The van der Waals surface area contributed by atoms with Crippen LogP contribution in [-0.2, 0) is 97.6 Å². The number of morpholine rings is 3. The average Bonchev–Trinajstić information content (AvgIpc) is 1.61. The molecule has 0 saturated carbocycles. The number of fused-ring (bicyclic) bond motifs is 6. The van der Waals surface area contributed by atoms with Crippen LogP contribution in [0.25, 0.3) is 66.9 Å². The summed E-state index contributed by atoms with van der Waals surface area (Å²) in [6.07, 6.45) is -3.85. The number of ether oxygens (including phenoxy) is 14. The lowest BCUT2D eigenvalue weighted by molar-refractivity contribution is 0.00782. The van der Waals surface area contributed by atoms with Gasteiger partial charge in [0.1, 0.15) is 91.1 Å². The number of aromatic nitrogens is 6. The van der Waals surface area contributed by atoms with Gasteiger partial charge in [0.05, 0.1) is 158 Å². The number of rotatable bonds is 26. The largest absolute Gasteiger partial charge is 0.470 e. The second-order valence-electron chi connectivity index (χ2n) is 41.7. The van der Waals surface area contributed by atoms with Gasteiger partial charge in [-0.2, -0.15) is 16.8 Å². The van der Waals surface area contributed by atoms with Crippen LogP contribution < -0.4 is 28.9 Å². The first-order valence-electron chi connectivity index (χ1n) is 47.1. The van der Waals surface area contributed by atoms with E-state index in [1.54, 1.807) is 24.3 Å². The number of pyridine rings is 3. The Hall–Kier alpha value is -7.94. The average molecular weight is 2040 g/mol. The van der Waals surface area contributed by atoms with Crippen LogP contribution in [-0.4, -0.2) is 289 Å². The Labute approximate surface area is 812 Å². The maximum absolute atomic E-state index is 15.6. The van der Waals surface area contributed by atoms with E-state index in [0.717, 1.165) is 34.2 Å². The molecule has 3 aromatic carbocycles. The lowest BCUT2D eigenvalue weighted by atomic mass is 10.1. The highest BCUT2D eigenvalue weighted by atomic mass is 32.1. The maximum Gasteiger partial charge on any atom is 0.335 e. The normalized spacial score (nSPS) is 23.4. The van der Waals surface area contributed by atoms with E-state index in [2.05, 4.69) is 117 Å². The van der Waals surface area contributed by atoms with Crippen molar-refractivity contribution in [1.29, 1.82) is 0 Å². The van der Waals surface area contributed by atoms with Crippen LogP contribution in [0.5, 0.6) is 17.6 Å². The van der Waals surface area contributed by atoms with Crippen LogP contribution in [0, 0.1) is 55.7 Å². The van der Waals surface area contributed by atoms with E-state index >= 15 is 26.3 Å². The number of aliphatic hydroxyl groups is 1. The van der Waals surface area contributed by atoms with Crippen LogP contribution in [0.4, 0.5) is 43.4 Å². The first kappa shape index (κ1) is 106. The molecule has 9 aromatic rings. The van der Waals surface area contributed by atoms with Gasteiger partial charge in [-0.3, -0.25) is 9.13 Å². The molecule has 0 amide bonds. The van der Waals surface area contributed by atoms with E-state index in [0.29, 0.717) is 187 Å². The minimum atomic E-state index is -2.04. The second kappa shape index (κ2) is 44.5. The van der Waals surface area contributed by atoms with Gasteiger partial charge in [-0.05, 0) is 142 Å². The molecule has 756 valence electrons. The summed E-state index contributed by atoms with van der Waals surface area (Å²) in [5.74, 6) is -2.28. The van der Waals surface area contributed by atoms with Crippen LogP contribution in [0.15, 0.2) is 72.8 Å². The molecule has 0 radical (unpaired) electrons. The van der Waals surface area contributed by atoms with E-state index in [1.807, 2.05) is 56.7 Å². The Morgan fingerprint density at radius 1 is 0.413 bits per heavy atom. The standard InChI is InChI=1S/2C36H53F2N3O6Si2.C24H25F2N3O5.2O2S/c2*1-23-32-28(11-10-27(39-32)31-25(37)18-24(19-26(31)38)40-12-14-42-15-13-40)41(22-43-16-17-48(5,6)7)35(23)46-29-20-44-34-30(21-45-33(29)34)47-49(8,9)36(2,3)4;1-12-21-17(28-24(12)34-19-11-33-22-18(30)10-32-23(19)22)3-2-16(27-21)20-14(25)8-13(9-15(20)26)29-4-6-31-7-5-29;2*1-3-2/h2*10-11,18-19,29-30,33-34H,12-17,20-22H2,1-9H3;2-3,8-9,18-19,22-23,28,30H,4-7,10-11H2,1H3;;/t2*29-,30-,33-,34-;18-,19-,22-,23-;;/m111../s1. The van der Waals surface area contributed by atoms with E-state index in [-0.39, 0.29) is 125 Å². The van der Waals surface area contributed by atoms with Gasteiger partial charge in [-0.25, -0.2) is 41.3 Å². The van der Waals surface area contributed by atoms with E-state index in [4.69, 9.17) is 102 Å². The Balaban J connectivity index is 0.000000163. The van der Waals surface area contributed by atoms with Gasteiger partial charge in [0.15, 0.2) is 40.8 Å². The van der Waals surface area contributed by atoms with E-state index in [1.165, 1.54) is 36.4 Å². The zero-order valence-electron chi connectivity index (χ0n) is 82.1. The number of hydrogen-bond acceptors (Lipinski definition) is 27. The molecule has 9 saturated heterocycles. The number of benzene rings is 3. The van der Waals surface area contributed by atoms with Crippen LogP contribution in [0.3, 0.4) is 0 Å². The monoisotopic (exact) mass is 2040 g/mol. The molecule has 9 aliphatic rings. The molecule has 9 fully saturated rings. The fourth-order valence-corrected chi connectivity index (χ4v) is 22.0. The summed E-state index contributed by atoms with van der Waals surface area (Å²) in [6, 6.07) is 20.6. The summed E-state index contributed by atoms with van der Waals surface area (Å²) in [7, 11) is -6.70. The Morgan fingerprint density at radius 3 is 1.05 bits per heavy atom. The zero-order chi connectivity index (χ0) is 99.4. The number of H-pyrrole nitrogens is 1. The Bertz CT molecular complexity index is 5510. The molecule has 0 unspecified atom stereocenters. The molecule has 138 heavy (non-hydrogen) atoms. The van der Waals surface area contributed by atoms with Crippen molar-refractivity contribution >= 4 is 106 Å². The van der Waals surface area contributed by atoms with Crippen molar-refractivity contribution < 1.29 is 123 Å². The molecule has 15 heterocycles. The van der Waals surface area contributed by atoms with Crippen LogP contribution in [0.2, 0.25) is 87.6 Å².